The maximum Gasteiger partial charge on any atom is 0.284 e. The van der Waals surface area contributed by atoms with Gasteiger partial charge in [-0.3, -0.25) is 9.69 Å². The van der Waals surface area contributed by atoms with Gasteiger partial charge in [0, 0.05) is 10.7 Å². The molecule has 0 heterocycles. The minimum absolute atomic E-state index is 0.0582. The Labute approximate surface area is 91.8 Å². The summed E-state index contributed by atoms with van der Waals surface area (Å²) in [6, 6.07) is 6.91. The Morgan fingerprint density at radius 3 is 2.69 bits per heavy atom. The standard InChI is InChI=1S/C8H7Cl2NOS/c9-5-11(8(12)13)7-3-1-2-6(10)4-7/h1-4H,5H2,(H,12,13). The van der Waals surface area contributed by atoms with Crippen molar-refractivity contribution in [3.8, 4) is 0 Å². The summed E-state index contributed by atoms with van der Waals surface area (Å²) < 4.78 is 0. The summed E-state index contributed by atoms with van der Waals surface area (Å²) in [5.41, 5.74) is 0.641. The third kappa shape index (κ3) is 2.79. The zero-order valence-electron chi connectivity index (χ0n) is 6.58. The van der Waals surface area contributed by atoms with Gasteiger partial charge in [0.2, 0.25) is 0 Å². The summed E-state index contributed by atoms with van der Waals surface area (Å²) in [4.78, 5) is 12.3. The van der Waals surface area contributed by atoms with Crippen molar-refractivity contribution in [2.75, 3.05) is 10.9 Å². The Morgan fingerprint density at radius 2 is 2.23 bits per heavy atom. The molecule has 1 amide bonds. The maximum absolute atomic E-state index is 10.9. The quantitative estimate of drug-likeness (QED) is 0.474. The second-order valence-corrected chi connectivity index (χ2v) is 3.37. The monoisotopic (exact) mass is 235 g/mol. The summed E-state index contributed by atoms with van der Waals surface area (Å²) in [5.74, 6) is 0. The molecule has 13 heavy (non-hydrogen) atoms. The van der Waals surface area contributed by atoms with Gasteiger partial charge in [-0.25, -0.2) is 0 Å². The minimum Gasteiger partial charge on any atom is -0.289 e. The molecule has 0 spiro atoms. The zero-order chi connectivity index (χ0) is 9.84. The van der Waals surface area contributed by atoms with E-state index in [2.05, 4.69) is 12.6 Å². The van der Waals surface area contributed by atoms with Gasteiger partial charge in [-0.15, -0.1) is 11.6 Å². The van der Waals surface area contributed by atoms with Crippen molar-refractivity contribution < 1.29 is 4.79 Å². The number of alkyl halides is 1. The molecular formula is C8H7Cl2NOS. The maximum atomic E-state index is 10.9. The van der Waals surface area contributed by atoms with Crippen LogP contribution in [0.25, 0.3) is 0 Å². The van der Waals surface area contributed by atoms with Gasteiger partial charge in [0.05, 0.1) is 0 Å². The molecule has 0 aliphatic heterocycles. The van der Waals surface area contributed by atoms with E-state index in [1.165, 1.54) is 4.90 Å². The molecule has 0 bridgehead atoms. The fraction of sp³-hybridized carbons (Fsp3) is 0.125. The van der Waals surface area contributed by atoms with Crippen LogP contribution in [0.2, 0.25) is 5.02 Å². The molecule has 0 aliphatic rings. The van der Waals surface area contributed by atoms with Gasteiger partial charge < -0.3 is 0 Å². The zero-order valence-corrected chi connectivity index (χ0v) is 8.98. The molecule has 5 heteroatoms. The molecule has 0 radical (unpaired) electrons. The van der Waals surface area contributed by atoms with E-state index in [-0.39, 0.29) is 6.00 Å². The van der Waals surface area contributed by atoms with Crippen LogP contribution in [0.5, 0.6) is 0 Å². The number of hydrogen-bond donors (Lipinski definition) is 1. The van der Waals surface area contributed by atoms with E-state index in [4.69, 9.17) is 23.2 Å². The highest BCUT2D eigenvalue weighted by Gasteiger charge is 2.10. The second-order valence-electron chi connectivity index (χ2n) is 2.31. The van der Waals surface area contributed by atoms with Gasteiger partial charge in [-0.05, 0) is 18.2 Å². The molecule has 1 rings (SSSR count). The van der Waals surface area contributed by atoms with Crippen LogP contribution in [0, 0.1) is 0 Å². The molecule has 0 aliphatic carbocycles. The van der Waals surface area contributed by atoms with Crippen molar-refractivity contribution in [1.29, 1.82) is 0 Å². The topological polar surface area (TPSA) is 20.3 Å². The molecule has 0 saturated carbocycles. The minimum atomic E-state index is -0.405. The van der Waals surface area contributed by atoms with Crippen LogP contribution in [0.4, 0.5) is 10.5 Å². The fourth-order valence-electron chi connectivity index (χ4n) is 0.875. The van der Waals surface area contributed by atoms with Crippen LogP contribution < -0.4 is 4.90 Å². The molecule has 0 N–H and O–H groups in total. The van der Waals surface area contributed by atoms with Gasteiger partial charge in [0.25, 0.3) is 5.24 Å². The van der Waals surface area contributed by atoms with Crippen LogP contribution in [-0.2, 0) is 0 Å². The molecular weight excluding hydrogens is 229 g/mol. The van der Waals surface area contributed by atoms with Crippen LogP contribution >= 0.6 is 35.8 Å². The van der Waals surface area contributed by atoms with Crippen LogP contribution in [0.3, 0.4) is 0 Å². The van der Waals surface area contributed by atoms with E-state index in [1.54, 1.807) is 24.3 Å². The lowest BCUT2D eigenvalue weighted by atomic mass is 10.3. The molecule has 2 nitrogen and oxygen atoms in total. The lowest BCUT2D eigenvalue weighted by Crippen LogP contribution is -2.23. The Hall–Kier alpha value is -0.380. The Bertz CT molecular complexity index is 319. The van der Waals surface area contributed by atoms with Crippen molar-refractivity contribution in [3.05, 3.63) is 29.3 Å². The molecule has 0 aromatic heterocycles. The predicted molar refractivity (Wildman–Crippen MR) is 59.0 cm³/mol. The van der Waals surface area contributed by atoms with Gasteiger partial charge >= 0.3 is 0 Å². The summed E-state index contributed by atoms with van der Waals surface area (Å²) in [5, 5.41) is 0.152. The molecule has 1 aromatic rings. The Kier molecular flexibility index (Phi) is 3.90. The van der Waals surface area contributed by atoms with E-state index in [0.717, 1.165) is 0 Å². The molecule has 0 saturated heterocycles. The van der Waals surface area contributed by atoms with Crippen molar-refractivity contribution in [3.63, 3.8) is 0 Å². The normalized spacial score (nSPS) is 9.77. The SMILES string of the molecule is O=C(S)N(CCl)c1cccc(Cl)c1. The molecule has 0 unspecified atom stereocenters. The van der Waals surface area contributed by atoms with Crippen molar-refractivity contribution >= 4 is 46.8 Å². The first-order valence-electron chi connectivity index (χ1n) is 3.47. The summed E-state index contributed by atoms with van der Waals surface area (Å²) in [6.07, 6.45) is 0. The summed E-state index contributed by atoms with van der Waals surface area (Å²) >= 11 is 15.0. The first-order chi connectivity index (χ1) is 6.15. The fourth-order valence-corrected chi connectivity index (χ4v) is 1.58. The summed E-state index contributed by atoms with van der Waals surface area (Å²) in [6.45, 7) is 0. The van der Waals surface area contributed by atoms with E-state index in [1.807, 2.05) is 0 Å². The van der Waals surface area contributed by atoms with Gasteiger partial charge in [0.15, 0.2) is 0 Å². The Balaban J connectivity index is 2.98. The van der Waals surface area contributed by atoms with Crippen LogP contribution in [-0.4, -0.2) is 11.2 Å². The van der Waals surface area contributed by atoms with Crippen molar-refractivity contribution in [2.24, 2.45) is 0 Å². The number of thiol groups is 1. The van der Waals surface area contributed by atoms with E-state index in [0.29, 0.717) is 10.7 Å². The highest BCUT2D eigenvalue weighted by Crippen LogP contribution is 2.20. The number of hydrogen-bond acceptors (Lipinski definition) is 1. The first-order valence-corrected chi connectivity index (χ1v) is 4.83. The van der Waals surface area contributed by atoms with E-state index >= 15 is 0 Å². The smallest absolute Gasteiger partial charge is 0.284 e. The van der Waals surface area contributed by atoms with Crippen molar-refractivity contribution in [2.45, 2.75) is 0 Å². The predicted octanol–water partition coefficient (Wildman–Crippen LogP) is 3.39. The van der Waals surface area contributed by atoms with Gasteiger partial charge in [-0.2, -0.15) is 0 Å². The summed E-state index contributed by atoms with van der Waals surface area (Å²) in [7, 11) is 0. The number of carbonyl (C=O) groups excluding carboxylic acids is 1. The number of halogens is 2. The molecule has 70 valence electrons. The number of rotatable bonds is 2. The van der Waals surface area contributed by atoms with Gasteiger partial charge in [-0.1, -0.05) is 30.3 Å². The van der Waals surface area contributed by atoms with Crippen LogP contribution in [0.1, 0.15) is 0 Å². The molecule has 0 fully saturated rings. The number of amides is 1. The highest BCUT2D eigenvalue weighted by atomic mass is 35.5. The highest BCUT2D eigenvalue weighted by molar-refractivity contribution is 7.96. The van der Waals surface area contributed by atoms with Gasteiger partial charge in [0.1, 0.15) is 6.00 Å². The number of anilines is 1. The van der Waals surface area contributed by atoms with E-state index < -0.39 is 5.24 Å². The first kappa shape index (κ1) is 10.7. The third-order valence-electron chi connectivity index (χ3n) is 1.47. The Morgan fingerprint density at radius 1 is 1.54 bits per heavy atom. The largest absolute Gasteiger partial charge is 0.289 e. The molecule has 1 aromatic carbocycles. The van der Waals surface area contributed by atoms with Crippen molar-refractivity contribution in [1.82, 2.24) is 0 Å². The van der Waals surface area contributed by atoms with Crippen LogP contribution in [0.15, 0.2) is 24.3 Å². The number of carbonyl (C=O) groups is 1. The average Bonchev–Trinajstić information content (AvgIpc) is 2.04. The average molecular weight is 236 g/mol. The second kappa shape index (κ2) is 4.74. The van der Waals surface area contributed by atoms with E-state index in [9.17, 15) is 4.79 Å². The molecule has 0 atom stereocenters. The number of benzene rings is 1. The lowest BCUT2D eigenvalue weighted by Gasteiger charge is -2.16. The number of nitrogens with zero attached hydrogens (tertiary/aromatic N) is 1. The third-order valence-corrected chi connectivity index (χ3v) is 2.19. The lowest BCUT2D eigenvalue weighted by molar-refractivity contribution is 0.266.